The molecule has 1 N–H and O–H groups in total. The van der Waals surface area contributed by atoms with E-state index >= 15 is 0 Å². The van der Waals surface area contributed by atoms with Gasteiger partial charge in [0, 0.05) is 18.0 Å². The van der Waals surface area contributed by atoms with Gasteiger partial charge in [-0.3, -0.25) is 4.79 Å². The molecule has 0 spiro atoms. The van der Waals surface area contributed by atoms with E-state index in [1.54, 1.807) is 18.7 Å². The number of aryl methyl sites for hydroxylation is 1. The Morgan fingerprint density at radius 3 is 2.56 bits per heavy atom. The molecule has 3 heterocycles. The zero-order chi connectivity index (χ0) is 30.9. The Bertz CT molecular complexity index is 1420. The van der Waals surface area contributed by atoms with E-state index in [2.05, 4.69) is 9.82 Å². The van der Waals surface area contributed by atoms with E-state index in [1.165, 1.54) is 6.07 Å². The Hall–Kier alpha value is -3.50. The molecule has 1 saturated carbocycles. The number of hydrogen-bond acceptors (Lipinski definition) is 7. The highest BCUT2D eigenvalue weighted by Crippen LogP contribution is 2.52. The maximum Gasteiger partial charge on any atom is 0.419 e. The smallest absolute Gasteiger partial charge is 0.419 e. The molecule has 2 aliphatic heterocycles. The highest BCUT2D eigenvalue weighted by molar-refractivity contribution is 8.17. The molecule has 0 radical (unpaired) electrons. The number of nitrogens with one attached hydrogen (secondary N) is 1. The number of hydrazine groups is 1. The number of alkyl halides is 3. The van der Waals surface area contributed by atoms with Crippen LogP contribution >= 0.6 is 11.1 Å². The van der Waals surface area contributed by atoms with Gasteiger partial charge in [-0.05, 0) is 88.1 Å². The summed E-state index contributed by atoms with van der Waals surface area (Å²) in [6.07, 6.45) is 1.56. The first-order valence-electron chi connectivity index (χ1n) is 14.5. The first-order valence-corrected chi connectivity index (χ1v) is 15.9. The molecule has 1 aliphatic carbocycles. The summed E-state index contributed by atoms with van der Waals surface area (Å²) in [5, 5.41) is 10.2. The topological polar surface area (TPSA) is 108 Å². The van der Waals surface area contributed by atoms with Crippen molar-refractivity contribution in [1.82, 2.24) is 14.7 Å². The van der Waals surface area contributed by atoms with E-state index in [1.807, 2.05) is 25.1 Å². The van der Waals surface area contributed by atoms with E-state index in [0.29, 0.717) is 32.0 Å². The molecule has 5 rings (SSSR count). The van der Waals surface area contributed by atoms with Crippen LogP contribution in [0.2, 0.25) is 0 Å². The molecule has 2 amide bonds. The molecule has 13 heteroatoms. The molecule has 43 heavy (non-hydrogen) atoms. The predicted molar refractivity (Wildman–Crippen MR) is 156 cm³/mol. The number of benzene rings is 1. The fourth-order valence-electron chi connectivity index (χ4n) is 5.34. The largest absolute Gasteiger partial charge is 0.493 e. The molecule has 1 unspecified atom stereocenters. The van der Waals surface area contributed by atoms with Crippen LogP contribution in [-0.2, 0) is 22.1 Å². The molecular weight excluding hydrogens is 583 g/mol. The van der Waals surface area contributed by atoms with Crippen molar-refractivity contribution in [3.63, 3.8) is 0 Å². The van der Waals surface area contributed by atoms with Crippen LogP contribution in [0.4, 0.5) is 23.7 Å². The number of aromatic nitrogens is 1. The summed E-state index contributed by atoms with van der Waals surface area (Å²) in [4.78, 5) is 35.0. The van der Waals surface area contributed by atoms with Gasteiger partial charge in [-0.25, -0.2) is 14.8 Å². The van der Waals surface area contributed by atoms with E-state index in [0.717, 1.165) is 65.6 Å². The van der Waals surface area contributed by atoms with Crippen LogP contribution in [0.1, 0.15) is 69.7 Å². The third kappa shape index (κ3) is 6.70. The molecule has 1 atom stereocenters. The number of carbonyl (C=O) groups is 2. The van der Waals surface area contributed by atoms with Gasteiger partial charge in [0.1, 0.15) is 17.9 Å². The molecule has 3 fully saturated rings. The number of nitriles is 1. The van der Waals surface area contributed by atoms with Crippen LogP contribution in [0.3, 0.4) is 0 Å². The molecule has 9 nitrogen and oxygen atoms in total. The second kappa shape index (κ2) is 12.2. The highest BCUT2D eigenvalue weighted by atomic mass is 32.2. The average Bonchev–Trinajstić information content (AvgIpc) is 3.77. The standard InChI is InChI=1S/C30H36F3N5O4S/c1-4-20-15-23(7-8-26(20)41-14-11-19-9-12-37(13-10-19)28(40)42-22-5-6-22)43-29(2,3)27(39)38(36-43)21-16-24(30(31,32)33)25(17-34)35-18-21/h7-8,15-16,18-19,22,36,43H,4-6,9-14H2,1-3H3. The Morgan fingerprint density at radius 2 is 1.93 bits per heavy atom. The average molecular weight is 620 g/mol. The lowest BCUT2D eigenvalue weighted by Crippen LogP contribution is -2.39. The van der Waals surface area contributed by atoms with E-state index in [4.69, 9.17) is 14.7 Å². The molecule has 2 saturated heterocycles. The first-order chi connectivity index (χ1) is 20.4. The van der Waals surface area contributed by atoms with E-state index < -0.39 is 33.3 Å². The Balaban J connectivity index is 1.22. The third-order valence-corrected chi connectivity index (χ3v) is 10.7. The van der Waals surface area contributed by atoms with Crippen molar-refractivity contribution in [3.05, 3.63) is 47.3 Å². The van der Waals surface area contributed by atoms with Gasteiger partial charge in [0.15, 0.2) is 5.69 Å². The number of piperidine rings is 1. The van der Waals surface area contributed by atoms with Crippen molar-refractivity contribution in [2.24, 2.45) is 5.92 Å². The van der Waals surface area contributed by atoms with Crippen molar-refractivity contribution in [1.29, 1.82) is 5.26 Å². The van der Waals surface area contributed by atoms with Crippen molar-refractivity contribution in [2.45, 2.75) is 81.2 Å². The second-order valence-electron chi connectivity index (χ2n) is 11.6. The lowest BCUT2D eigenvalue weighted by Gasteiger charge is -2.31. The zero-order valence-corrected chi connectivity index (χ0v) is 25.3. The number of amides is 2. The number of thiol groups is 1. The summed E-state index contributed by atoms with van der Waals surface area (Å²) >= 11 is -1.35. The molecule has 2 aromatic rings. The van der Waals surface area contributed by atoms with Crippen LogP contribution in [-0.4, -0.2) is 52.4 Å². The van der Waals surface area contributed by atoms with E-state index in [-0.39, 0.29) is 23.8 Å². The summed E-state index contributed by atoms with van der Waals surface area (Å²) < 4.78 is 51.3. The summed E-state index contributed by atoms with van der Waals surface area (Å²) in [5.74, 6) is 0.842. The number of rotatable bonds is 8. The molecule has 0 bridgehead atoms. The number of anilines is 1. The minimum Gasteiger partial charge on any atom is -0.493 e. The van der Waals surface area contributed by atoms with Crippen molar-refractivity contribution < 1.29 is 32.2 Å². The first kappa shape index (κ1) is 30.9. The maximum absolute atomic E-state index is 13.6. The van der Waals surface area contributed by atoms with Gasteiger partial charge in [-0.15, -0.1) is 11.1 Å². The number of hydrogen-bond donors (Lipinski definition) is 2. The van der Waals surface area contributed by atoms with Crippen LogP contribution in [0.5, 0.6) is 5.75 Å². The maximum atomic E-state index is 13.6. The van der Waals surface area contributed by atoms with Crippen LogP contribution in [0, 0.1) is 17.2 Å². The van der Waals surface area contributed by atoms with Crippen molar-refractivity contribution in [2.75, 3.05) is 24.7 Å². The third-order valence-electron chi connectivity index (χ3n) is 8.16. The molecular formula is C30H36F3N5O4S. The Labute approximate surface area is 251 Å². The summed E-state index contributed by atoms with van der Waals surface area (Å²) in [5.41, 5.74) is -1.03. The number of carbonyl (C=O) groups excluding carboxylic acids is 2. The van der Waals surface area contributed by atoms with Gasteiger partial charge in [0.2, 0.25) is 0 Å². The summed E-state index contributed by atoms with van der Waals surface area (Å²) in [6.45, 7) is 7.49. The molecule has 3 aliphatic rings. The van der Waals surface area contributed by atoms with Crippen LogP contribution < -0.4 is 14.6 Å². The second-order valence-corrected chi connectivity index (χ2v) is 14.1. The molecule has 1 aromatic carbocycles. The molecule has 232 valence electrons. The number of ether oxygens (including phenoxy) is 2. The van der Waals surface area contributed by atoms with Crippen LogP contribution in [0.25, 0.3) is 0 Å². The van der Waals surface area contributed by atoms with Gasteiger partial charge in [0.25, 0.3) is 5.91 Å². The number of nitrogens with zero attached hydrogens (tertiary/aromatic N) is 4. The number of likely N-dealkylation sites (tertiary alicyclic amines) is 1. The normalized spacial score (nSPS) is 21.5. The van der Waals surface area contributed by atoms with Gasteiger partial charge in [0.05, 0.1) is 28.8 Å². The van der Waals surface area contributed by atoms with Crippen molar-refractivity contribution >= 4 is 28.8 Å². The van der Waals surface area contributed by atoms with E-state index in [9.17, 15) is 22.8 Å². The monoisotopic (exact) mass is 619 g/mol. The van der Waals surface area contributed by atoms with Gasteiger partial charge in [-0.2, -0.15) is 23.3 Å². The fraction of sp³-hybridized carbons (Fsp3) is 0.533. The highest BCUT2D eigenvalue weighted by Gasteiger charge is 2.47. The van der Waals surface area contributed by atoms with Gasteiger partial charge in [-0.1, -0.05) is 6.92 Å². The number of halogens is 3. The lowest BCUT2D eigenvalue weighted by molar-refractivity contribution is -0.138. The number of pyridine rings is 1. The minimum atomic E-state index is -4.79. The van der Waals surface area contributed by atoms with Gasteiger partial charge < -0.3 is 14.4 Å². The van der Waals surface area contributed by atoms with Crippen LogP contribution in [0.15, 0.2) is 35.4 Å². The van der Waals surface area contributed by atoms with Crippen molar-refractivity contribution in [3.8, 4) is 11.8 Å². The lowest BCUT2D eigenvalue weighted by atomic mass is 9.94. The fourth-order valence-corrected chi connectivity index (χ4v) is 7.56. The Morgan fingerprint density at radius 1 is 1.21 bits per heavy atom. The SMILES string of the molecule is CCc1cc([SH]2NN(c3cnc(C#N)c(C(F)(F)F)c3)C(=O)C2(C)C)ccc1OCCC1CCN(C(=O)OC2CC2)CC1. The predicted octanol–water partition coefficient (Wildman–Crippen LogP) is 5.92. The zero-order valence-electron chi connectivity index (χ0n) is 24.4. The summed E-state index contributed by atoms with van der Waals surface area (Å²) in [6, 6.07) is 8.03. The summed E-state index contributed by atoms with van der Waals surface area (Å²) in [7, 11) is 0. The van der Waals surface area contributed by atoms with Gasteiger partial charge >= 0.3 is 12.3 Å². The quantitative estimate of drug-likeness (QED) is 0.353. The Kier molecular flexibility index (Phi) is 8.81. The molecule has 1 aromatic heterocycles. The minimum absolute atomic E-state index is 0.0734.